The van der Waals surface area contributed by atoms with Crippen LogP contribution in [0.5, 0.6) is 0 Å². The Balaban J connectivity index is 1.72. The van der Waals surface area contributed by atoms with Gasteiger partial charge in [0.2, 0.25) is 0 Å². The molecule has 0 saturated carbocycles. The molecule has 0 N–H and O–H groups in total. The fourth-order valence-corrected chi connectivity index (χ4v) is 3.35. The lowest BCUT2D eigenvalue weighted by Crippen LogP contribution is -2.38. The third-order valence-electron chi connectivity index (χ3n) is 4.83. The Morgan fingerprint density at radius 2 is 1.47 bits per heavy atom. The zero-order valence-corrected chi connectivity index (χ0v) is 17.0. The van der Waals surface area contributed by atoms with Gasteiger partial charge in [-0.25, -0.2) is 4.39 Å². The smallest absolute Gasteiger partial charge is 0.318 e. The Morgan fingerprint density at radius 1 is 0.900 bits per heavy atom. The second kappa shape index (κ2) is 9.83. The van der Waals surface area contributed by atoms with E-state index in [-0.39, 0.29) is 18.3 Å². The third kappa shape index (κ3) is 5.32. The Kier molecular flexibility index (Phi) is 6.96. The van der Waals surface area contributed by atoms with Crippen LogP contribution in [0, 0.1) is 5.82 Å². The zero-order valence-electron chi connectivity index (χ0n) is 17.0. The van der Waals surface area contributed by atoms with Crippen LogP contribution in [0.1, 0.15) is 29.5 Å². The minimum absolute atomic E-state index is 0.222. The number of carbonyl (C=O) groups excluding carboxylic acids is 2. The van der Waals surface area contributed by atoms with Crippen molar-refractivity contribution >= 4 is 11.9 Å². The SMILES string of the molecule is CC(OC(=O)C(c1ccccc1)c1ccccc1)C(=O)N(C)Cc1cccc(F)c1. The molecule has 0 heterocycles. The van der Waals surface area contributed by atoms with Gasteiger partial charge in [-0.1, -0.05) is 72.8 Å². The van der Waals surface area contributed by atoms with Crippen LogP contribution in [0.2, 0.25) is 0 Å². The van der Waals surface area contributed by atoms with Crippen LogP contribution in [0.25, 0.3) is 0 Å². The van der Waals surface area contributed by atoms with Gasteiger partial charge < -0.3 is 9.64 Å². The monoisotopic (exact) mass is 405 g/mol. The number of nitrogens with zero attached hydrogens (tertiary/aromatic N) is 1. The highest BCUT2D eigenvalue weighted by atomic mass is 19.1. The van der Waals surface area contributed by atoms with Gasteiger partial charge >= 0.3 is 5.97 Å². The first-order valence-corrected chi connectivity index (χ1v) is 9.75. The maximum Gasteiger partial charge on any atom is 0.318 e. The molecule has 154 valence electrons. The molecule has 0 aliphatic rings. The standard InChI is InChI=1S/C25H24FNO3/c1-18(24(28)27(2)17-19-10-9-15-22(26)16-19)30-25(29)23(20-11-5-3-6-12-20)21-13-7-4-8-14-21/h3-16,18,23H,17H2,1-2H3. The van der Waals surface area contributed by atoms with Gasteiger partial charge in [-0.05, 0) is 35.7 Å². The first kappa shape index (κ1) is 21.2. The van der Waals surface area contributed by atoms with Crippen molar-refractivity contribution in [3.05, 3.63) is 107 Å². The molecule has 1 atom stereocenters. The normalized spacial score (nSPS) is 11.7. The molecule has 30 heavy (non-hydrogen) atoms. The molecule has 5 heteroatoms. The molecular formula is C25H24FNO3. The molecule has 3 aromatic carbocycles. The average Bonchev–Trinajstić information content (AvgIpc) is 2.75. The minimum Gasteiger partial charge on any atom is -0.452 e. The number of rotatable bonds is 7. The van der Waals surface area contributed by atoms with E-state index in [1.807, 2.05) is 60.7 Å². The summed E-state index contributed by atoms with van der Waals surface area (Å²) in [5.41, 5.74) is 2.25. The van der Waals surface area contributed by atoms with E-state index >= 15 is 0 Å². The van der Waals surface area contributed by atoms with E-state index in [0.717, 1.165) is 11.1 Å². The third-order valence-corrected chi connectivity index (χ3v) is 4.83. The van der Waals surface area contributed by atoms with Crippen molar-refractivity contribution in [2.45, 2.75) is 25.5 Å². The molecule has 0 aromatic heterocycles. The molecule has 4 nitrogen and oxygen atoms in total. The Bertz CT molecular complexity index is 952. The summed E-state index contributed by atoms with van der Waals surface area (Å²) in [6, 6.07) is 24.7. The lowest BCUT2D eigenvalue weighted by molar-refractivity contribution is -0.159. The van der Waals surface area contributed by atoms with Crippen LogP contribution in [0.4, 0.5) is 4.39 Å². The number of amides is 1. The molecule has 0 saturated heterocycles. The Morgan fingerprint density at radius 3 is 2.00 bits per heavy atom. The predicted octanol–water partition coefficient (Wildman–Crippen LogP) is 4.55. The van der Waals surface area contributed by atoms with E-state index in [2.05, 4.69) is 0 Å². The molecule has 0 fully saturated rings. The molecule has 1 unspecified atom stereocenters. The number of carbonyl (C=O) groups is 2. The van der Waals surface area contributed by atoms with Crippen molar-refractivity contribution in [2.75, 3.05) is 7.05 Å². The summed E-state index contributed by atoms with van der Waals surface area (Å²) in [6.07, 6.45) is -0.967. The van der Waals surface area contributed by atoms with E-state index in [1.165, 1.54) is 17.0 Å². The van der Waals surface area contributed by atoms with Gasteiger partial charge in [0, 0.05) is 13.6 Å². The van der Waals surface area contributed by atoms with E-state index in [4.69, 9.17) is 4.74 Å². The van der Waals surface area contributed by atoms with E-state index < -0.39 is 18.0 Å². The number of hydrogen-bond acceptors (Lipinski definition) is 3. The molecule has 0 spiro atoms. The summed E-state index contributed by atoms with van der Waals surface area (Å²) < 4.78 is 18.9. The second-order valence-electron chi connectivity index (χ2n) is 7.16. The van der Waals surface area contributed by atoms with Crippen LogP contribution >= 0.6 is 0 Å². The maximum absolute atomic E-state index is 13.4. The first-order chi connectivity index (χ1) is 14.5. The molecular weight excluding hydrogens is 381 g/mol. The number of hydrogen-bond donors (Lipinski definition) is 0. The lowest BCUT2D eigenvalue weighted by atomic mass is 9.91. The molecule has 0 aliphatic heterocycles. The molecule has 0 radical (unpaired) electrons. The van der Waals surface area contributed by atoms with Crippen LogP contribution in [0.3, 0.4) is 0 Å². The van der Waals surface area contributed by atoms with Crippen molar-refractivity contribution in [3.63, 3.8) is 0 Å². The fourth-order valence-electron chi connectivity index (χ4n) is 3.35. The maximum atomic E-state index is 13.4. The van der Waals surface area contributed by atoms with Gasteiger partial charge in [-0.15, -0.1) is 0 Å². The molecule has 3 rings (SSSR count). The predicted molar refractivity (Wildman–Crippen MR) is 113 cm³/mol. The summed E-state index contributed by atoms with van der Waals surface area (Å²) >= 11 is 0. The van der Waals surface area contributed by atoms with Crippen LogP contribution in [0.15, 0.2) is 84.9 Å². The summed E-state index contributed by atoms with van der Waals surface area (Å²) in [5.74, 6) is -1.84. The number of halogens is 1. The summed E-state index contributed by atoms with van der Waals surface area (Å²) in [7, 11) is 1.60. The van der Waals surface area contributed by atoms with Crippen LogP contribution in [-0.4, -0.2) is 29.9 Å². The van der Waals surface area contributed by atoms with Gasteiger partial charge in [-0.2, -0.15) is 0 Å². The van der Waals surface area contributed by atoms with E-state index in [0.29, 0.717) is 5.56 Å². The summed E-state index contributed by atoms with van der Waals surface area (Å²) in [6.45, 7) is 1.77. The lowest BCUT2D eigenvalue weighted by Gasteiger charge is -2.24. The van der Waals surface area contributed by atoms with Gasteiger partial charge in [0.15, 0.2) is 6.10 Å². The second-order valence-corrected chi connectivity index (χ2v) is 7.16. The Labute approximate surface area is 175 Å². The number of likely N-dealkylation sites (N-methyl/N-ethyl adjacent to an activating group) is 1. The molecule has 0 bridgehead atoms. The van der Waals surface area contributed by atoms with Gasteiger partial charge in [0.1, 0.15) is 11.7 Å². The Hall–Kier alpha value is -3.47. The number of benzene rings is 3. The van der Waals surface area contributed by atoms with Gasteiger partial charge in [0.05, 0.1) is 0 Å². The first-order valence-electron chi connectivity index (χ1n) is 9.75. The van der Waals surface area contributed by atoms with Crippen molar-refractivity contribution in [1.29, 1.82) is 0 Å². The van der Waals surface area contributed by atoms with Crippen LogP contribution in [-0.2, 0) is 20.9 Å². The number of ether oxygens (including phenoxy) is 1. The van der Waals surface area contributed by atoms with E-state index in [1.54, 1.807) is 26.1 Å². The molecule has 3 aromatic rings. The van der Waals surface area contributed by atoms with Crippen LogP contribution < -0.4 is 0 Å². The van der Waals surface area contributed by atoms with Gasteiger partial charge in [0.25, 0.3) is 5.91 Å². The highest BCUT2D eigenvalue weighted by Crippen LogP contribution is 2.26. The largest absolute Gasteiger partial charge is 0.452 e. The highest BCUT2D eigenvalue weighted by molar-refractivity contribution is 5.87. The van der Waals surface area contributed by atoms with Gasteiger partial charge in [-0.3, -0.25) is 9.59 Å². The van der Waals surface area contributed by atoms with Crippen molar-refractivity contribution < 1.29 is 18.7 Å². The molecule has 0 aliphatic carbocycles. The van der Waals surface area contributed by atoms with Crippen molar-refractivity contribution in [1.82, 2.24) is 4.90 Å². The van der Waals surface area contributed by atoms with E-state index in [9.17, 15) is 14.0 Å². The quantitative estimate of drug-likeness (QED) is 0.542. The zero-order chi connectivity index (χ0) is 21.5. The topological polar surface area (TPSA) is 46.6 Å². The van der Waals surface area contributed by atoms with Crippen molar-refractivity contribution in [3.8, 4) is 0 Å². The number of esters is 1. The van der Waals surface area contributed by atoms with Crippen molar-refractivity contribution in [2.24, 2.45) is 0 Å². The minimum atomic E-state index is -0.967. The summed E-state index contributed by atoms with van der Waals surface area (Å²) in [5, 5.41) is 0. The highest BCUT2D eigenvalue weighted by Gasteiger charge is 2.29. The average molecular weight is 405 g/mol. The summed E-state index contributed by atoms with van der Waals surface area (Å²) in [4.78, 5) is 27.2. The fraction of sp³-hybridized carbons (Fsp3) is 0.200. The molecule has 1 amide bonds.